The molecule has 1 atom stereocenters. The van der Waals surface area contributed by atoms with Crippen LogP contribution < -0.4 is 5.32 Å². The van der Waals surface area contributed by atoms with Gasteiger partial charge in [-0.25, -0.2) is 0 Å². The lowest BCUT2D eigenvalue weighted by Gasteiger charge is -2.27. The minimum absolute atomic E-state index is 0.692. The predicted molar refractivity (Wildman–Crippen MR) is 53.4 cm³/mol. The van der Waals surface area contributed by atoms with E-state index < -0.39 is 0 Å². The van der Waals surface area contributed by atoms with Crippen molar-refractivity contribution in [1.82, 2.24) is 10.2 Å². The maximum absolute atomic E-state index is 3.53. The van der Waals surface area contributed by atoms with Crippen molar-refractivity contribution < 1.29 is 0 Å². The summed E-state index contributed by atoms with van der Waals surface area (Å²) in [5, 5.41) is 3.53. The molecule has 0 aromatic carbocycles. The van der Waals surface area contributed by atoms with Crippen molar-refractivity contribution >= 4 is 0 Å². The smallest absolute Gasteiger partial charge is 0.0195 e. The molecule has 1 fully saturated rings. The highest BCUT2D eigenvalue weighted by Crippen LogP contribution is 2.08. The summed E-state index contributed by atoms with van der Waals surface area (Å²) in [5.41, 5.74) is 0. The van der Waals surface area contributed by atoms with Gasteiger partial charge < -0.3 is 5.32 Å². The van der Waals surface area contributed by atoms with Crippen LogP contribution in [0.5, 0.6) is 0 Å². The molecular weight excluding hydrogens is 148 g/mol. The molecule has 1 aliphatic rings. The standard InChI is InChI=1S/C10H22N2/c1-4-12(9(2)3)8-10-6-5-7-11-10/h9-11H,4-8H2,1-3H3/t10-/m0/s1. The third kappa shape index (κ3) is 2.76. The summed E-state index contributed by atoms with van der Waals surface area (Å²) in [4.78, 5) is 2.53. The fourth-order valence-corrected chi connectivity index (χ4v) is 1.90. The van der Waals surface area contributed by atoms with Crippen LogP contribution in [0.4, 0.5) is 0 Å². The van der Waals surface area contributed by atoms with Gasteiger partial charge in [0.2, 0.25) is 0 Å². The lowest BCUT2D eigenvalue weighted by Crippen LogP contribution is -2.40. The highest BCUT2D eigenvalue weighted by atomic mass is 15.2. The third-order valence-electron chi connectivity index (χ3n) is 2.75. The van der Waals surface area contributed by atoms with Gasteiger partial charge in [-0.1, -0.05) is 6.92 Å². The molecule has 12 heavy (non-hydrogen) atoms. The minimum Gasteiger partial charge on any atom is -0.313 e. The Kier molecular flexibility index (Phi) is 4.02. The highest BCUT2D eigenvalue weighted by Gasteiger charge is 2.17. The van der Waals surface area contributed by atoms with E-state index in [1.165, 1.54) is 32.5 Å². The van der Waals surface area contributed by atoms with Crippen molar-refractivity contribution in [3.05, 3.63) is 0 Å². The van der Waals surface area contributed by atoms with Gasteiger partial charge in [0, 0.05) is 18.6 Å². The molecule has 0 saturated carbocycles. The number of hydrogen-bond acceptors (Lipinski definition) is 2. The number of rotatable bonds is 4. The minimum atomic E-state index is 0.692. The lowest BCUT2D eigenvalue weighted by atomic mass is 10.2. The molecule has 0 aromatic heterocycles. The number of nitrogens with one attached hydrogen (secondary N) is 1. The fraction of sp³-hybridized carbons (Fsp3) is 1.00. The first-order valence-electron chi connectivity index (χ1n) is 5.21. The maximum Gasteiger partial charge on any atom is 0.0195 e. The molecular formula is C10H22N2. The fourth-order valence-electron chi connectivity index (χ4n) is 1.90. The lowest BCUT2D eigenvalue weighted by molar-refractivity contribution is 0.213. The Hall–Kier alpha value is -0.0800. The molecule has 1 saturated heterocycles. The number of hydrogen-bond donors (Lipinski definition) is 1. The average molecular weight is 170 g/mol. The van der Waals surface area contributed by atoms with Crippen LogP contribution in [0.25, 0.3) is 0 Å². The predicted octanol–water partition coefficient (Wildman–Crippen LogP) is 1.47. The zero-order valence-corrected chi connectivity index (χ0v) is 8.64. The maximum atomic E-state index is 3.53. The molecule has 2 heteroatoms. The van der Waals surface area contributed by atoms with Crippen LogP contribution in [0.2, 0.25) is 0 Å². The van der Waals surface area contributed by atoms with Crippen LogP contribution in [0.1, 0.15) is 33.6 Å². The second-order valence-corrected chi connectivity index (χ2v) is 3.97. The van der Waals surface area contributed by atoms with Crippen LogP contribution in [0.3, 0.4) is 0 Å². The molecule has 0 aromatic rings. The molecule has 0 spiro atoms. The van der Waals surface area contributed by atoms with Crippen LogP contribution >= 0.6 is 0 Å². The van der Waals surface area contributed by atoms with E-state index in [1.54, 1.807) is 0 Å². The Labute approximate surface area is 76.3 Å². The summed E-state index contributed by atoms with van der Waals surface area (Å²) in [7, 11) is 0. The van der Waals surface area contributed by atoms with Gasteiger partial charge >= 0.3 is 0 Å². The van der Waals surface area contributed by atoms with Gasteiger partial charge in [-0.05, 0) is 39.8 Å². The van der Waals surface area contributed by atoms with Crippen LogP contribution in [0, 0.1) is 0 Å². The normalized spacial score (nSPS) is 24.2. The van der Waals surface area contributed by atoms with E-state index in [-0.39, 0.29) is 0 Å². The first kappa shape index (κ1) is 10.0. The number of nitrogens with zero attached hydrogens (tertiary/aromatic N) is 1. The zero-order chi connectivity index (χ0) is 8.97. The summed E-state index contributed by atoms with van der Waals surface area (Å²) in [6.45, 7) is 10.4. The summed E-state index contributed by atoms with van der Waals surface area (Å²) >= 11 is 0. The van der Waals surface area contributed by atoms with Gasteiger partial charge in [0.25, 0.3) is 0 Å². The molecule has 0 amide bonds. The summed E-state index contributed by atoms with van der Waals surface area (Å²) in [5.74, 6) is 0. The molecule has 1 rings (SSSR count). The van der Waals surface area contributed by atoms with E-state index in [1.807, 2.05) is 0 Å². The quantitative estimate of drug-likeness (QED) is 0.687. The first-order chi connectivity index (χ1) is 5.74. The van der Waals surface area contributed by atoms with Crippen molar-refractivity contribution in [2.45, 2.75) is 45.7 Å². The second kappa shape index (κ2) is 4.83. The molecule has 1 N–H and O–H groups in total. The monoisotopic (exact) mass is 170 g/mol. The van der Waals surface area contributed by atoms with Gasteiger partial charge in [0.1, 0.15) is 0 Å². The van der Waals surface area contributed by atoms with E-state index in [0.29, 0.717) is 6.04 Å². The van der Waals surface area contributed by atoms with Crippen molar-refractivity contribution in [3.8, 4) is 0 Å². The average Bonchev–Trinajstić information content (AvgIpc) is 2.51. The van der Waals surface area contributed by atoms with Crippen molar-refractivity contribution in [3.63, 3.8) is 0 Å². The Morgan fingerprint density at radius 2 is 2.25 bits per heavy atom. The molecule has 0 radical (unpaired) electrons. The number of likely N-dealkylation sites (N-methyl/N-ethyl adjacent to an activating group) is 1. The molecule has 0 aliphatic carbocycles. The SMILES string of the molecule is CCN(C[C@@H]1CCCN1)C(C)C. The Bertz CT molecular complexity index is 117. The first-order valence-corrected chi connectivity index (χ1v) is 5.21. The van der Waals surface area contributed by atoms with Crippen LogP contribution in [-0.2, 0) is 0 Å². The third-order valence-corrected chi connectivity index (χ3v) is 2.75. The summed E-state index contributed by atoms with van der Waals surface area (Å²) in [6.07, 6.45) is 2.73. The molecule has 72 valence electrons. The van der Waals surface area contributed by atoms with Gasteiger partial charge in [-0.3, -0.25) is 4.90 Å². The van der Waals surface area contributed by atoms with E-state index in [9.17, 15) is 0 Å². The van der Waals surface area contributed by atoms with Crippen molar-refractivity contribution in [2.24, 2.45) is 0 Å². The highest BCUT2D eigenvalue weighted by molar-refractivity contribution is 4.78. The molecule has 1 heterocycles. The topological polar surface area (TPSA) is 15.3 Å². The Morgan fingerprint density at radius 1 is 1.50 bits per heavy atom. The van der Waals surface area contributed by atoms with Crippen molar-refractivity contribution in [1.29, 1.82) is 0 Å². The Balaban J connectivity index is 2.26. The van der Waals surface area contributed by atoms with Gasteiger partial charge in [-0.2, -0.15) is 0 Å². The van der Waals surface area contributed by atoms with Gasteiger partial charge in [0.15, 0.2) is 0 Å². The molecule has 2 nitrogen and oxygen atoms in total. The summed E-state index contributed by atoms with van der Waals surface area (Å²) in [6, 6.07) is 1.45. The largest absolute Gasteiger partial charge is 0.313 e. The van der Waals surface area contributed by atoms with E-state index in [4.69, 9.17) is 0 Å². The Morgan fingerprint density at radius 3 is 2.67 bits per heavy atom. The van der Waals surface area contributed by atoms with Gasteiger partial charge in [0.05, 0.1) is 0 Å². The summed E-state index contributed by atoms with van der Waals surface area (Å²) < 4.78 is 0. The van der Waals surface area contributed by atoms with Crippen LogP contribution in [0.15, 0.2) is 0 Å². The van der Waals surface area contributed by atoms with E-state index in [2.05, 4.69) is 31.0 Å². The molecule has 0 unspecified atom stereocenters. The van der Waals surface area contributed by atoms with Crippen molar-refractivity contribution in [2.75, 3.05) is 19.6 Å². The molecule has 1 aliphatic heterocycles. The molecule has 0 bridgehead atoms. The van der Waals surface area contributed by atoms with E-state index in [0.717, 1.165) is 6.04 Å². The van der Waals surface area contributed by atoms with E-state index >= 15 is 0 Å². The second-order valence-electron chi connectivity index (χ2n) is 3.97. The van der Waals surface area contributed by atoms with Gasteiger partial charge in [-0.15, -0.1) is 0 Å². The zero-order valence-electron chi connectivity index (χ0n) is 8.64. The van der Waals surface area contributed by atoms with Crippen LogP contribution in [-0.4, -0.2) is 36.6 Å².